The fraction of sp³-hybridized carbons (Fsp3) is 0.211. The number of nitrogens with zero attached hydrogens (tertiary/aromatic N) is 1. The second kappa shape index (κ2) is 7.58. The molecule has 26 heavy (non-hydrogen) atoms. The molecular formula is C19H17ClN2O4. The van der Waals surface area contributed by atoms with Gasteiger partial charge in [-0.25, -0.2) is 0 Å². The van der Waals surface area contributed by atoms with Crippen LogP contribution in [0, 0.1) is 0 Å². The maximum atomic E-state index is 12.3. The number of rotatable bonds is 6. The van der Waals surface area contributed by atoms with Crippen LogP contribution < -0.4 is 10.1 Å². The van der Waals surface area contributed by atoms with E-state index < -0.39 is 0 Å². The van der Waals surface area contributed by atoms with Crippen LogP contribution in [0.1, 0.15) is 33.6 Å². The molecule has 0 unspecified atom stereocenters. The minimum atomic E-state index is -0.316. The lowest BCUT2D eigenvalue weighted by Crippen LogP contribution is -2.31. The summed E-state index contributed by atoms with van der Waals surface area (Å²) in [5, 5.41) is 3.08. The van der Waals surface area contributed by atoms with Crippen molar-refractivity contribution >= 4 is 35.0 Å². The third-order valence-corrected chi connectivity index (χ3v) is 4.43. The Labute approximate surface area is 155 Å². The van der Waals surface area contributed by atoms with Crippen LogP contribution in [0.4, 0.5) is 5.69 Å². The highest BCUT2D eigenvalue weighted by atomic mass is 35.5. The molecule has 2 aromatic rings. The highest BCUT2D eigenvalue weighted by Crippen LogP contribution is 2.27. The summed E-state index contributed by atoms with van der Waals surface area (Å²) in [7, 11) is 1.53. The molecule has 3 rings (SSSR count). The van der Waals surface area contributed by atoms with E-state index in [-0.39, 0.29) is 30.7 Å². The lowest BCUT2D eigenvalue weighted by Gasteiger charge is -2.13. The molecule has 0 fully saturated rings. The van der Waals surface area contributed by atoms with Crippen LogP contribution in [0.2, 0.25) is 5.02 Å². The number of carbonyl (C=O) groups is 3. The number of imide groups is 1. The highest BCUT2D eigenvalue weighted by molar-refractivity contribution is 6.33. The van der Waals surface area contributed by atoms with Crippen LogP contribution in [0.15, 0.2) is 42.5 Å². The zero-order chi connectivity index (χ0) is 18.7. The summed E-state index contributed by atoms with van der Waals surface area (Å²) < 4.78 is 5.06. The Morgan fingerprint density at radius 2 is 1.77 bits per heavy atom. The molecule has 0 aromatic heterocycles. The van der Waals surface area contributed by atoms with E-state index in [4.69, 9.17) is 16.3 Å². The molecule has 0 radical (unpaired) electrons. The Morgan fingerprint density at radius 3 is 2.35 bits per heavy atom. The monoisotopic (exact) mass is 372 g/mol. The lowest BCUT2D eigenvalue weighted by atomic mass is 10.1. The molecule has 134 valence electrons. The maximum absolute atomic E-state index is 12.3. The lowest BCUT2D eigenvalue weighted by molar-refractivity contribution is -0.116. The number of carbonyl (C=O) groups excluding carboxylic acids is 3. The number of methoxy groups -OCH3 is 1. The molecule has 0 atom stereocenters. The summed E-state index contributed by atoms with van der Waals surface area (Å²) in [6.07, 6.45) is 0.529. The minimum absolute atomic E-state index is 0.162. The third-order valence-electron chi connectivity index (χ3n) is 4.11. The molecule has 1 N–H and O–H groups in total. The van der Waals surface area contributed by atoms with Gasteiger partial charge in [0, 0.05) is 19.0 Å². The van der Waals surface area contributed by atoms with E-state index in [9.17, 15) is 14.4 Å². The van der Waals surface area contributed by atoms with Gasteiger partial charge in [-0.2, -0.15) is 0 Å². The van der Waals surface area contributed by atoms with E-state index in [1.165, 1.54) is 12.0 Å². The van der Waals surface area contributed by atoms with Crippen LogP contribution in [0.3, 0.4) is 0 Å². The number of ether oxygens (including phenoxy) is 1. The van der Waals surface area contributed by atoms with Crippen LogP contribution >= 0.6 is 11.6 Å². The molecular weight excluding hydrogens is 356 g/mol. The van der Waals surface area contributed by atoms with Gasteiger partial charge < -0.3 is 10.1 Å². The van der Waals surface area contributed by atoms with Crippen LogP contribution in [0.25, 0.3) is 0 Å². The van der Waals surface area contributed by atoms with Crippen LogP contribution in [-0.2, 0) is 4.79 Å². The molecule has 1 aliphatic heterocycles. The van der Waals surface area contributed by atoms with Crippen molar-refractivity contribution in [3.05, 3.63) is 58.6 Å². The van der Waals surface area contributed by atoms with Crippen LogP contribution in [0.5, 0.6) is 5.75 Å². The van der Waals surface area contributed by atoms with Gasteiger partial charge in [-0.1, -0.05) is 23.7 Å². The molecule has 0 aliphatic carbocycles. The van der Waals surface area contributed by atoms with Crippen molar-refractivity contribution in [1.82, 2.24) is 4.90 Å². The Hall–Kier alpha value is -2.86. The zero-order valence-electron chi connectivity index (χ0n) is 14.1. The van der Waals surface area contributed by atoms with Crippen molar-refractivity contribution in [2.45, 2.75) is 12.8 Å². The van der Waals surface area contributed by atoms with Crippen molar-refractivity contribution in [2.75, 3.05) is 19.0 Å². The summed E-state index contributed by atoms with van der Waals surface area (Å²) in [5.41, 5.74) is 1.30. The number of amides is 3. The fourth-order valence-electron chi connectivity index (χ4n) is 2.78. The second-order valence-electron chi connectivity index (χ2n) is 5.81. The predicted molar refractivity (Wildman–Crippen MR) is 97.7 cm³/mol. The zero-order valence-corrected chi connectivity index (χ0v) is 14.9. The number of fused-ring (bicyclic) bond motifs is 1. The molecule has 1 heterocycles. The van der Waals surface area contributed by atoms with Crippen molar-refractivity contribution in [3.8, 4) is 5.75 Å². The second-order valence-corrected chi connectivity index (χ2v) is 6.21. The third kappa shape index (κ3) is 3.55. The molecule has 2 aromatic carbocycles. The topological polar surface area (TPSA) is 75.7 Å². The average Bonchev–Trinajstić information content (AvgIpc) is 2.88. The Morgan fingerprint density at radius 1 is 1.12 bits per heavy atom. The molecule has 0 bridgehead atoms. The Bertz CT molecular complexity index is 847. The molecule has 6 nitrogen and oxygen atoms in total. The summed E-state index contributed by atoms with van der Waals surface area (Å²) in [6.45, 7) is 0.191. The van der Waals surface area contributed by atoms with Crippen LogP contribution in [-0.4, -0.2) is 36.3 Å². The summed E-state index contributed by atoms with van der Waals surface area (Å²) in [6, 6.07) is 11.7. The van der Waals surface area contributed by atoms with Crippen molar-refractivity contribution < 1.29 is 19.1 Å². The van der Waals surface area contributed by atoms with Gasteiger partial charge in [-0.05, 0) is 30.7 Å². The van der Waals surface area contributed by atoms with Crippen molar-refractivity contribution in [2.24, 2.45) is 0 Å². The number of hydrogen-bond donors (Lipinski definition) is 1. The van der Waals surface area contributed by atoms with E-state index in [1.54, 1.807) is 42.5 Å². The quantitative estimate of drug-likeness (QED) is 0.789. The smallest absolute Gasteiger partial charge is 0.261 e. The minimum Gasteiger partial charge on any atom is -0.497 e. The van der Waals surface area contributed by atoms with E-state index >= 15 is 0 Å². The van der Waals surface area contributed by atoms with Gasteiger partial charge in [0.1, 0.15) is 5.75 Å². The number of benzene rings is 2. The number of hydrogen-bond acceptors (Lipinski definition) is 4. The van der Waals surface area contributed by atoms with Crippen molar-refractivity contribution in [3.63, 3.8) is 0 Å². The SMILES string of the molecule is COc1ccc(NC(=O)CCCN2C(=O)c3ccccc3C2=O)c(Cl)c1. The molecule has 7 heteroatoms. The van der Waals surface area contributed by atoms with E-state index in [0.717, 1.165) is 0 Å². The fourth-order valence-corrected chi connectivity index (χ4v) is 2.99. The van der Waals surface area contributed by atoms with E-state index in [2.05, 4.69) is 5.32 Å². The molecule has 0 saturated heterocycles. The summed E-state index contributed by atoms with van der Waals surface area (Å²) in [4.78, 5) is 37.8. The van der Waals surface area contributed by atoms with Gasteiger partial charge in [0.15, 0.2) is 0 Å². The summed E-state index contributed by atoms with van der Waals surface area (Å²) >= 11 is 6.09. The number of halogens is 1. The summed E-state index contributed by atoms with van der Waals surface area (Å²) in [5.74, 6) is -0.277. The van der Waals surface area contributed by atoms with Gasteiger partial charge in [-0.15, -0.1) is 0 Å². The van der Waals surface area contributed by atoms with Gasteiger partial charge in [-0.3, -0.25) is 19.3 Å². The van der Waals surface area contributed by atoms with Gasteiger partial charge in [0.05, 0.1) is 28.9 Å². The molecule has 3 amide bonds. The van der Waals surface area contributed by atoms with Crippen molar-refractivity contribution in [1.29, 1.82) is 0 Å². The Kier molecular flexibility index (Phi) is 5.23. The standard InChI is InChI=1S/C19H17ClN2O4/c1-26-12-8-9-16(15(20)11-12)21-17(23)7-4-10-22-18(24)13-5-2-3-6-14(13)19(22)25/h2-3,5-6,8-9,11H,4,7,10H2,1H3,(H,21,23). The largest absolute Gasteiger partial charge is 0.497 e. The average molecular weight is 373 g/mol. The number of anilines is 1. The molecule has 0 saturated carbocycles. The van der Waals surface area contributed by atoms with E-state index in [0.29, 0.717) is 34.0 Å². The normalized spacial score (nSPS) is 12.9. The highest BCUT2D eigenvalue weighted by Gasteiger charge is 2.34. The first kappa shape index (κ1) is 17.9. The van der Waals surface area contributed by atoms with Gasteiger partial charge >= 0.3 is 0 Å². The first-order valence-corrected chi connectivity index (χ1v) is 8.47. The Balaban J connectivity index is 1.53. The first-order valence-electron chi connectivity index (χ1n) is 8.10. The maximum Gasteiger partial charge on any atom is 0.261 e. The van der Waals surface area contributed by atoms with E-state index in [1.807, 2.05) is 0 Å². The number of nitrogens with one attached hydrogen (secondary N) is 1. The van der Waals surface area contributed by atoms with Gasteiger partial charge in [0.25, 0.3) is 11.8 Å². The molecule has 0 spiro atoms. The molecule has 1 aliphatic rings. The predicted octanol–water partition coefficient (Wildman–Crippen LogP) is 3.36. The first-order chi connectivity index (χ1) is 12.5. The van der Waals surface area contributed by atoms with Gasteiger partial charge in [0.2, 0.25) is 5.91 Å².